The highest BCUT2D eigenvalue weighted by molar-refractivity contribution is 5.79. The first-order valence-electron chi connectivity index (χ1n) is 9.12. The van der Waals surface area contributed by atoms with Gasteiger partial charge in [-0.2, -0.15) is 0 Å². The Kier molecular flexibility index (Phi) is 7.85. The molecule has 0 spiro atoms. The second-order valence-corrected chi connectivity index (χ2v) is 6.60. The van der Waals surface area contributed by atoms with Gasteiger partial charge in [-0.3, -0.25) is 0 Å². The van der Waals surface area contributed by atoms with E-state index < -0.39 is 0 Å². The van der Waals surface area contributed by atoms with E-state index in [2.05, 4.69) is 34.5 Å². The molecule has 1 aliphatic heterocycles. The van der Waals surface area contributed by atoms with Crippen LogP contribution in [-0.4, -0.2) is 63.8 Å². The summed E-state index contributed by atoms with van der Waals surface area (Å²) in [5.74, 6) is 3.04. The van der Waals surface area contributed by atoms with Gasteiger partial charge in [0.2, 0.25) is 0 Å². The number of likely N-dealkylation sites (tertiary alicyclic amines) is 1. The maximum atomic E-state index is 5.96. The Morgan fingerprint density at radius 3 is 2.72 bits per heavy atom. The van der Waals surface area contributed by atoms with Crippen molar-refractivity contribution in [1.82, 2.24) is 15.5 Å². The maximum absolute atomic E-state index is 5.96. The van der Waals surface area contributed by atoms with Crippen molar-refractivity contribution in [1.29, 1.82) is 0 Å². The van der Waals surface area contributed by atoms with E-state index in [0.29, 0.717) is 12.5 Å². The molecule has 2 unspecified atom stereocenters. The summed E-state index contributed by atoms with van der Waals surface area (Å²) in [5, 5.41) is 6.76. The van der Waals surface area contributed by atoms with Crippen LogP contribution in [-0.2, 0) is 0 Å². The molecule has 1 aromatic carbocycles. The number of hydrogen-bond donors (Lipinski definition) is 2. The van der Waals surface area contributed by atoms with Crippen LogP contribution in [0.3, 0.4) is 0 Å². The average Bonchev–Trinajstić information content (AvgIpc) is 3.03. The van der Waals surface area contributed by atoms with Gasteiger partial charge in [0.05, 0.1) is 13.7 Å². The summed E-state index contributed by atoms with van der Waals surface area (Å²) in [4.78, 5) is 7.03. The minimum absolute atomic E-state index is 0.0376. The zero-order valence-electron chi connectivity index (χ0n) is 15.9. The van der Waals surface area contributed by atoms with Gasteiger partial charge in [-0.1, -0.05) is 12.1 Å². The summed E-state index contributed by atoms with van der Waals surface area (Å²) in [5.41, 5.74) is 0. The van der Waals surface area contributed by atoms with E-state index in [0.717, 1.165) is 37.1 Å². The predicted octanol–water partition coefficient (Wildman–Crippen LogP) is 1.97. The summed E-state index contributed by atoms with van der Waals surface area (Å²) >= 11 is 0. The molecule has 1 fully saturated rings. The van der Waals surface area contributed by atoms with Crippen LogP contribution in [0.2, 0.25) is 0 Å². The first-order chi connectivity index (χ1) is 12.1. The van der Waals surface area contributed by atoms with Gasteiger partial charge in [-0.15, -0.1) is 0 Å². The molecule has 6 heteroatoms. The molecule has 6 nitrogen and oxygen atoms in total. The Morgan fingerprint density at radius 1 is 1.32 bits per heavy atom. The van der Waals surface area contributed by atoms with E-state index in [9.17, 15) is 0 Å². The molecule has 0 saturated carbocycles. The van der Waals surface area contributed by atoms with Crippen LogP contribution < -0.4 is 20.1 Å². The minimum atomic E-state index is -0.0376. The SMILES string of the molecule is CCNC(=NCC(C)Oc1ccccc1OC)NCC1CCN(C)C1. The van der Waals surface area contributed by atoms with Gasteiger partial charge < -0.3 is 25.0 Å². The summed E-state index contributed by atoms with van der Waals surface area (Å²) < 4.78 is 11.3. The molecule has 140 valence electrons. The van der Waals surface area contributed by atoms with Crippen LogP contribution in [0.4, 0.5) is 0 Å². The zero-order valence-corrected chi connectivity index (χ0v) is 15.9. The number of nitrogens with one attached hydrogen (secondary N) is 2. The van der Waals surface area contributed by atoms with Crippen LogP contribution in [0.25, 0.3) is 0 Å². The quantitative estimate of drug-likeness (QED) is 0.556. The molecule has 1 saturated heterocycles. The highest BCUT2D eigenvalue weighted by Gasteiger charge is 2.19. The normalized spacial score (nSPS) is 19.5. The number of nitrogens with zero attached hydrogens (tertiary/aromatic N) is 2. The van der Waals surface area contributed by atoms with Crippen LogP contribution >= 0.6 is 0 Å². The number of rotatable bonds is 8. The summed E-state index contributed by atoms with van der Waals surface area (Å²) in [7, 11) is 3.83. The molecular formula is C19H32N4O2. The van der Waals surface area contributed by atoms with Crippen LogP contribution in [0.1, 0.15) is 20.3 Å². The van der Waals surface area contributed by atoms with Gasteiger partial charge in [0, 0.05) is 19.6 Å². The van der Waals surface area contributed by atoms with Crippen molar-refractivity contribution in [3.05, 3.63) is 24.3 Å². The first kappa shape index (κ1) is 19.4. The molecule has 2 atom stereocenters. The minimum Gasteiger partial charge on any atom is -0.493 e. The first-order valence-corrected chi connectivity index (χ1v) is 9.12. The molecule has 1 heterocycles. The Morgan fingerprint density at radius 2 is 2.08 bits per heavy atom. The molecule has 0 bridgehead atoms. The lowest BCUT2D eigenvalue weighted by atomic mass is 10.1. The molecule has 2 N–H and O–H groups in total. The second kappa shape index (κ2) is 10.1. The number of methoxy groups -OCH3 is 1. The van der Waals surface area contributed by atoms with Crippen molar-refractivity contribution in [3.63, 3.8) is 0 Å². The number of ether oxygens (including phenoxy) is 2. The van der Waals surface area contributed by atoms with Crippen LogP contribution in [0.15, 0.2) is 29.3 Å². The largest absolute Gasteiger partial charge is 0.493 e. The topological polar surface area (TPSA) is 58.1 Å². The fourth-order valence-corrected chi connectivity index (χ4v) is 2.97. The number of benzene rings is 1. The summed E-state index contributed by atoms with van der Waals surface area (Å²) in [6.07, 6.45) is 1.21. The lowest BCUT2D eigenvalue weighted by molar-refractivity contribution is 0.219. The highest BCUT2D eigenvalue weighted by Crippen LogP contribution is 2.26. The third-order valence-electron chi connectivity index (χ3n) is 4.30. The maximum Gasteiger partial charge on any atom is 0.191 e. The third-order valence-corrected chi connectivity index (χ3v) is 4.30. The lowest BCUT2D eigenvalue weighted by Gasteiger charge is -2.18. The van der Waals surface area contributed by atoms with Crippen molar-refractivity contribution in [2.75, 3.05) is 46.9 Å². The number of aliphatic imine (C=N–C) groups is 1. The fourth-order valence-electron chi connectivity index (χ4n) is 2.97. The van der Waals surface area contributed by atoms with E-state index >= 15 is 0 Å². The van der Waals surface area contributed by atoms with Gasteiger partial charge in [0.1, 0.15) is 6.10 Å². The molecule has 0 amide bonds. The monoisotopic (exact) mass is 348 g/mol. The third kappa shape index (κ3) is 6.46. The molecule has 0 aromatic heterocycles. The Balaban J connectivity index is 1.84. The Hall–Kier alpha value is -1.95. The van der Waals surface area contributed by atoms with Gasteiger partial charge in [0.15, 0.2) is 17.5 Å². The fraction of sp³-hybridized carbons (Fsp3) is 0.632. The molecule has 1 aliphatic rings. The number of guanidine groups is 1. The number of hydrogen-bond acceptors (Lipinski definition) is 4. The van der Waals surface area contributed by atoms with Crippen molar-refractivity contribution in [2.45, 2.75) is 26.4 Å². The van der Waals surface area contributed by atoms with Crippen LogP contribution in [0.5, 0.6) is 11.5 Å². The van der Waals surface area contributed by atoms with E-state index in [-0.39, 0.29) is 6.10 Å². The van der Waals surface area contributed by atoms with Gasteiger partial charge in [0.25, 0.3) is 0 Å². The average molecular weight is 348 g/mol. The summed E-state index contributed by atoms with van der Waals surface area (Å²) in [6, 6.07) is 7.69. The Labute approximate surface area is 151 Å². The second-order valence-electron chi connectivity index (χ2n) is 6.60. The summed E-state index contributed by atoms with van der Waals surface area (Å²) in [6.45, 7) is 8.82. The smallest absolute Gasteiger partial charge is 0.191 e. The van der Waals surface area contributed by atoms with Crippen molar-refractivity contribution in [2.24, 2.45) is 10.9 Å². The van der Waals surface area contributed by atoms with Crippen molar-refractivity contribution < 1.29 is 9.47 Å². The molecule has 2 rings (SSSR count). The van der Waals surface area contributed by atoms with E-state index in [1.54, 1.807) is 7.11 Å². The van der Waals surface area contributed by atoms with Gasteiger partial charge in [-0.05, 0) is 51.9 Å². The molecular weight excluding hydrogens is 316 g/mol. The molecule has 1 aromatic rings. The number of para-hydroxylation sites is 2. The molecule has 0 radical (unpaired) electrons. The van der Waals surface area contributed by atoms with Crippen molar-refractivity contribution in [3.8, 4) is 11.5 Å². The highest BCUT2D eigenvalue weighted by atomic mass is 16.5. The van der Waals surface area contributed by atoms with E-state index in [1.807, 2.05) is 31.2 Å². The lowest BCUT2D eigenvalue weighted by Crippen LogP contribution is -2.40. The Bertz CT molecular complexity index is 550. The van der Waals surface area contributed by atoms with Gasteiger partial charge >= 0.3 is 0 Å². The van der Waals surface area contributed by atoms with Crippen molar-refractivity contribution >= 4 is 5.96 Å². The zero-order chi connectivity index (χ0) is 18.1. The molecule has 25 heavy (non-hydrogen) atoms. The molecule has 0 aliphatic carbocycles. The van der Waals surface area contributed by atoms with E-state index in [4.69, 9.17) is 9.47 Å². The standard InChI is InChI=1S/C19H32N4O2/c1-5-20-19(22-13-16-10-11-23(3)14-16)21-12-15(2)25-18-9-7-6-8-17(18)24-4/h6-9,15-16H,5,10-14H2,1-4H3,(H2,20,21,22). The predicted molar refractivity (Wildman–Crippen MR) is 103 cm³/mol. The van der Waals surface area contributed by atoms with E-state index in [1.165, 1.54) is 13.0 Å². The van der Waals surface area contributed by atoms with Crippen LogP contribution in [0, 0.1) is 5.92 Å². The van der Waals surface area contributed by atoms with Gasteiger partial charge in [-0.25, -0.2) is 4.99 Å².